The van der Waals surface area contributed by atoms with Gasteiger partial charge in [0.15, 0.2) is 0 Å². The summed E-state index contributed by atoms with van der Waals surface area (Å²) in [6.07, 6.45) is 7.96. The summed E-state index contributed by atoms with van der Waals surface area (Å²) in [5, 5.41) is 10.7. The van der Waals surface area contributed by atoms with Crippen LogP contribution in [0, 0.1) is 11.2 Å². The molecule has 25 heavy (non-hydrogen) atoms. The van der Waals surface area contributed by atoms with Crippen molar-refractivity contribution in [2.75, 3.05) is 11.9 Å². The quantitative estimate of drug-likeness (QED) is 0.588. The van der Waals surface area contributed by atoms with Gasteiger partial charge in [0.1, 0.15) is 29.0 Å². The highest BCUT2D eigenvalue weighted by atomic mass is 19.1. The van der Waals surface area contributed by atoms with E-state index >= 15 is 0 Å². The first kappa shape index (κ1) is 16.8. The second-order valence-corrected chi connectivity index (χ2v) is 5.90. The summed E-state index contributed by atoms with van der Waals surface area (Å²) >= 11 is 0. The SMILES string of the molecule is CC1CCCN1C(=N)/C=C\c1ncc(C(=O)Nc2ccc(F)cn2)[nH]1. The second kappa shape index (κ2) is 7.25. The number of H-pyrrole nitrogens is 1. The zero-order valence-corrected chi connectivity index (χ0v) is 13.8. The number of amidine groups is 1. The van der Waals surface area contributed by atoms with Crippen molar-refractivity contribution in [3.63, 3.8) is 0 Å². The van der Waals surface area contributed by atoms with E-state index in [0.717, 1.165) is 25.6 Å². The van der Waals surface area contributed by atoms with E-state index in [1.807, 2.05) is 4.90 Å². The smallest absolute Gasteiger partial charge is 0.274 e. The van der Waals surface area contributed by atoms with Crippen molar-refractivity contribution in [2.45, 2.75) is 25.8 Å². The normalized spacial score (nSPS) is 17.2. The van der Waals surface area contributed by atoms with Crippen LogP contribution >= 0.6 is 0 Å². The van der Waals surface area contributed by atoms with Gasteiger partial charge in [0.05, 0.1) is 12.4 Å². The third kappa shape index (κ3) is 4.09. The molecule has 1 unspecified atom stereocenters. The van der Waals surface area contributed by atoms with Gasteiger partial charge in [-0.05, 0) is 44.1 Å². The van der Waals surface area contributed by atoms with Crippen LogP contribution in [0.5, 0.6) is 0 Å². The van der Waals surface area contributed by atoms with Crippen molar-refractivity contribution in [1.82, 2.24) is 19.9 Å². The predicted octanol–water partition coefficient (Wildman–Crippen LogP) is 2.67. The minimum absolute atomic E-state index is 0.253. The van der Waals surface area contributed by atoms with E-state index in [0.29, 0.717) is 17.7 Å². The number of carbonyl (C=O) groups is 1. The van der Waals surface area contributed by atoms with E-state index in [1.54, 1.807) is 12.2 Å². The van der Waals surface area contributed by atoms with Gasteiger partial charge in [-0.2, -0.15) is 0 Å². The standard InChI is InChI=1S/C17H19FN6O/c1-11-3-2-8-24(11)14(19)5-7-15-21-10-13(22-15)17(25)23-16-6-4-12(18)9-20-16/h4-7,9-11,19H,2-3,8H2,1H3,(H,21,22)(H,20,23,25)/b7-5-,19-14?. The molecule has 0 aliphatic carbocycles. The Bertz CT molecular complexity index is 798. The number of pyridine rings is 1. The molecule has 7 nitrogen and oxygen atoms in total. The van der Waals surface area contributed by atoms with Crippen LogP contribution in [-0.4, -0.2) is 44.2 Å². The lowest BCUT2D eigenvalue weighted by Gasteiger charge is -2.21. The van der Waals surface area contributed by atoms with Crippen LogP contribution < -0.4 is 5.32 Å². The molecule has 1 saturated heterocycles. The molecule has 8 heteroatoms. The number of carbonyl (C=O) groups excluding carboxylic acids is 1. The molecule has 3 N–H and O–H groups in total. The first-order chi connectivity index (χ1) is 12.0. The van der Waals surface area contributed by atoms with Gasteiger partial charge in [0.2, 0.25) is 0 Å². The van der Waals surface area contributed by atoms with Crippen LogP contribution in [0.2, 0.25) is 0 Å². The molecule has 0 spiro atoms. The maximum absolute atomic E-state index is 12.8. The van der Waals surface area contributed by atoms with Gasteiger partial charge < -0.3 is 15.2 Å². The molecule has 0 bridgehead atoms. The zero-order chi connectivity index (χ0) is 17.8. The molecule has 2 aromatic heterocycles. The van der Waals surface area contributed by atoms with Crippen molar-refractivity contribution >= 4 is 23.6 Å². The van der Waals surface area contributed by atoms with Gasteiger partial charge in [-0.3, -0.25) is 10.2 Å². The highest BCUT2D eigenvalue weighted by Gasteiger charge is 2.21. The Hall–Kier alpha value is -3.03. The van der Waals surface area contributed by atoms with E-state index in [1.165, 1.54) is 18.3 Å². The molecule has 3 heterocycles. The largest absolute Gasteiger partial charge is 0.354 e. The number of rotatable bonds is 4. The molecule has 130 valence electrons. The Morgan fingerprint density at radius 3 is 2.96 bits per heavy atom. The minimum Gasteiger partial charge on any atom is -0.354 e. The van der Waals surface area contributed by atoms with Crippen LogP contribution in [0.15, 0.2) is 30.6 Å². The molecule has 0 aromatic carbocycles. The summed E-state index contributed by atoms with van der Waals surface area (Å²) in [5.41, 5.74) is 0.256. The van der Waals surface area contributed by atoms with Crippen LogP contribution in [0.3, 0.4) is 0 Å². The number of aromatic nitrogens is 3. The molecule has 0 radical (unpaired) electrons. The number of aromatic amines is 1. The Kier molecular flexibility index (Phi) is 4.87. The molecule has 0 saturated carbocycles. The molecule has 1 amide bonds. The highest BCUT2D eigenvalue weighted by molar-refractivity contribution is 6.02. The number of likely N-dealkylation sites (tertiary alicyclic amines) is 1. The Morgan fingerprint density at radius 1 is 1.44 bits per heavy atom. The van der Waals surface area contributed by atoms with Crippen molar-refractivity contribution in [3.05, 3.63) is 47.9 Å². The molecule has 1 atom stereocenters. The molecular formula is C17H19FN6O. The van der Waals surface area contributed by atoms with Gasteiger partial charge in [-0.25, -0.2) is 14.4 Å². The number of hydrogen-bond donors (Lipinski definition) is 3. The summed E-state index contributed by atoms with van der Waals surface area (Å²) < 4.78 is 12.8. The van der Waals surface area contributed by atoms with Gasteiger partial charge in [-0.15, -0.1) is 0 Å². The summed E-state index contributed by atoms with van der Waals surface area (Å²) in [5.74, 6) is 0.274. The van der Waals surface area contributed by atoms with E-state index in [2.05, 4.69) is 27.2 Å². The minimum atomic E-state index is -0.471. The molecule has 3 rings (SSSR count). The Labute approximate surface area is 144 Å². The monoisotopic (exact) mass is 342 g/mol. The predicted molar refractivity (Wildman–Crippen MR) is 92.9 cm³/mol. The fraction of sp³-hybridized carbons (Fsp3) is 0.294. The van der Waals surface area contributed by atoms with Crippen LogP contribution in [0.4, 0.5) is 10.2 Å². The van der Waals surface area contributed by atoms with Crippen molar-refractivity contribution < 1.29 is 9.18 Å². The third-order valence-corrected chi connectivity index (χ3v) is 4.07. The molecule has 1 aliphatic rings. The van der Waals surface area contributed by atoms with E-state index < -0.39 is 11.7 Å². The summed E-state index contributed by atoms with van der Waals surface area (Å²) in [6, 6.07) is 2.97. The lowest BCUT2D eigenvalue weighted by atomic mass is 10.2. The maximum Gasteiger partial charge on any atom is 0.274 e. The number of halogens is 1. The van der Waals surface area contributed by atoms with Gasteiger partial charge in [-0.1, -0.05) is 0 Å². The third-order valence-electron chi connectivity index (χ3n) is 4.07. The van der Waals surface area contributed by atoms with Gasteiger partial charge in [0, 0.05) is 12.6 Å². The highest BCUT2D eigenvalue weighted by Crippen LogP contribution is 2.17. The number of hydrogen-bond acceptors (Lipinski definition) is 4. The van der Waals surface area contributed by atoms with E-state index in [9.17, 15) is 9.18 Å². The Balaban J connectivity index is 1.61. The van der Waals surface area contributed by atoms with Crippen molar-refractivity contribution in [2.24, 2.45) is 0 Å². The average Bonchev–Trinajstić information content (AvgIpc) is 3.24. The molecule has 2 aromatic rings. The molecule has 1 aliphatic heterocycles. The lowest BCUT2D eigenvalue weighted by Crippen LogP contribution is -2.31. The summed E-state index contributed by atoms with van der Waals surface area (Å²) in [7, 11) is 0. The van der Waals surface area contributed by atoms with Crippen LogP contribution in [0.1, 0.15) is 36.1 Å². The topological polar surface area (TPSA) is 97.8 Å². The Morgan fingerprint density at radius 2 is 2.28 bits per heavy atom. The lowest BCUT2D eigenvalue weighted by molar-refractivity contribution is 0.102. The zero-order valence-electron chi connectivity index (χ0n) is 13.8. The summed E-state index contributed by atoms with van der Waals surface area (Å²) in [6.45, 7) is 3.00. The number of nitrogens with one attached hydrogen (secondary N) is 3. The number of anilines is 1. The van der Waals surface area contributed by atoms with Gasteiger partial charge >= 0.3 is 0 Å². The molecule has 1 fully saturated rings. The number of amides is 1. The average molecular weight is 342 g/mol. The van der Waals surface area contributed by atoms with Crippen molar-refractivity contribution in [3.8, 4) is 0 Å². The van der Waals surface area contributed by atoms with Crippen molar-refractivity contribution in [1.29, 1.82) is 5.41 Å². The van der Waals surface area contributed by atoms with Crippen LogP contribution in [-0.2, 0) is 0 Å². The summed E-state index contributed by atoms with van der Waals surface area (Å²) in [4.78, 5) is 24.9. The first-order valence-corrected chi connectivity index (χ1v) is 8.04. The van der Waals surface area contributed by atoms with E-state index in [-0.39, 0.29) is 11.5 Å². The fourth-order valence-electron chi connectivity index (χ4n) is 2.71. The van der Waals surface area contributed by atoms with E-state index in [4.69, 9.17) is 5.41 Å². The first-order valence-electron chi connectivity index (χ1n) is 8.04. The maximum atomic E-state index is 12.8. The van der Waals surface area contributed by atoms with Crippen LogP contribution in [0.25, 0.3) is 6.08 Å². The molecular weight excluding hydrogens is 323 g/mol. The van der Waals surface area contributed by atoms with Gasteiger partial charge in [0.25, 0.3) is 5.91 Å². The fourth-order valence-corrected chi connectivity index (χ4v) is 2.71. The second-order valence-electron chi connectivity index (χ2n) is 5.90. The number of imidazole rings is 1. The number of nitrogens with zero attached hydrogens (tertiary/aromatic N) is 3.